The lowest BCUT2D eigenvalue weighted by atomic mass is 10.3. The first-order chi connectivity index (χ1) is 8.88. The second kappa shape index (κ2) is 7.74. The van der Waals surface area contributed by atoms with E-state index in [4.69, 9.17) is 0 Å². The quantitative estimate of drug-likeness (QED) is 0.769. The van der Waals surface area contributed by atoms with E-state index in [2.05, 4.69) is 22.2 Å². The Morgan fingerprint density at radius 1 is 1.28 bits per heavy atom. The summed E-state index contributed by atoms with van der Waals surface area (Å²) in [5.41, 5.74) is 1.18. The standard InChI is InChI=1S/C14H23N3S/c1-2-7-15-8-12-9-16-14(17-10-12)11-18-13-5-3-4-6-13/h9-10,13,15H,2-8,11H2,1H3. The van der Waals surface area contributed by atoms with Crippen LogP contribution in [0.1, 0.15) is 50.4 Å². The average molecular weight is 265 g/mol. The van der Waals surface area contributed by atoms with Gasteiger partial charge in [0.2, 0.25) is 0 Å². The van der Waals surface area contributed by atoms with Crippen molar-refractivity contribution in [3.8, 4) is 0 Å². The summed E-state index contributed by atoms with van der Waals surface area (Å²) >= 11 is 2.02. The van der Waals surface area contributed by atoms with E-state index in [1.165, 1.54) is 31.2 Å². The third-order valence-corrected chi connectivity index (χ3v) is 4.63. The van der Waals surface area contributed by atoms with Crippen molar-refractivity contribution in [1.82, 2.24) is 15.3 Å². The van der Waals surface area contributed by atoms with Crippen molar-refractivity contribution in [3.63, 3.8) is 0 Å². The Bertz CT molecular complexity index is 333. The molecule has 100 valence electrons. The largest absolute Gasteiger partial charge is 0.313 e. The molecule has 3 nitrogen and oxygen atoms in total. The van der Waals surface area contributed by atoms with Crippen LogP contribution in [0.25, 0.3) is 0 Å². The maximum Gasteiger partial charge on any atom is 0.138 e. The normalized spacial score (nSPS) is 16.3. The van der Waals surface area contributed by atoms with Crippen LogP contribution in [0.4, 0.5) is 0 Å². The lowest BCUT2D eigenvalue weighted by molar-refractivity contribution is 0.671. The van der Waals surface area contributed by atoms with Gasteiger partial charge in [0.05, 0.1) is 5.75 Å². The molecule has 0 radical (unpaired) electrons. The van der Waals surface area contributed by atoms with Crippen LogP contribution in [-0.2, 0) is 12.3 Å². The highest BCUT2D eigenvalue weighted by Gasteiger charge is 2.15. The predicted molar refractivity (Wildman–Crippen MR) is 77.6 cm³/mol. The molecule has 0 aliphatic heterocycles. The Labute approximate surface area is 114 Å². The van der Waals surface area contributed by atoms with Crippen molar-refractivity contribution in [2.45, 2.75) is 56.6 Å². The number of thioether (sulfide) groups is 1. The summed E-state index contributed by atoms with van der Waals surface area (Å²) in [4.78, 5) is 8.89. The summed E-state index contributed by atoms with van der Waals surface area (Å²) in [5.74, 6) is 1.94. The van der Waals surface area contributed by atoms with Gasteiger partial charge in [0.15, 0.2) is 0 Å². The van der Waals surface area contributed by atoms with E-state index in [0.717, 1.165) is 36.3 Å². The van der Waals surface area contributed by atoms with Crippen molar-refractivity contribution >= 4 is 11.8 Å². The van der Waals surface area contributed by atoms with Gasteiger partial charge in [-0.25, -0.2) is 9.97 Å². The first-order valence-corrected chi connectivity index (χ1v) is 8.05. The first-order valence-electron chi connectivity index (χ1n) is 7.00. The second-order valence-electron chi connectivity index (χ2n) is 4.90. The third kappa shape index (κ3) is 4.58. The van der Waals surface area contributed by atoms with Crippen LogP contribution in [0.3, 0.4) is 0 Å². The predicted octanol–water partition coefficient (Wildman–Crippen LogP) is 3.15. The lowest BCUT2D eigenvalue weighted by Crippen LogP contribution is -2.14. The van der Waals surface area contributed by atoms with Gasteiger partial charge in [-0.05, 0) is 25.8 Å². The van der Waals surface area contributed by atoms with Crippen molar-refractivity contribution in [3.05, 3.63) is 23.8 Å². The average Bonchev–Trinajstić information content (AvgIpc) is 2.91. The second-order valence-corrected chi connectivity index (χ2v) is 6.19. The summed E-state index contributed by atoms with van der Waals surface area (Å²) < 4.78 is 0. The Hall–Kier alpha value is -0.610. The molecule has 1 aliphatic carbocycles. The minimum absolute atomic E-state index is 0.847. The Morgan fingerprint density at radius 2 is 2.00 bits per heavy atom. The van der Waals surface area contributed by atoms with Gasteiger partial charge in [-0.3, -0.25) is 0 Å². The van der Waals surface area contributed by atoms with E-state index >= 15 is 0 Å². The maximum atomic E-state index is 4.45. The molecular weight excluding hydrogens is 242 g/mol. The smallest absolute Gasteiger partial charge is 0.138 e. The zero-order chi connectivity index (χ0) is 12.6. The lowest BCUT2D eigenvalue weighted by Gasteiger charge is -2.08. The highest BCUT2D eigenvalue weighted by atomic mass is 32.2. The third-order valence-electron chi connectivity index (χ3n) is 3.27. The van der Waals surface area contributed by atoms with Crippen LogP contribution < -0.4 is 5.32 Å². The monoisotopic (exact) mass is 265 g/mol. The molecule has 1 N–H and O–H groups in total. The van der Waals surface area contributed by atoms with Gasteiger partial charge in [0.1, 0.15) is 5.82 Å². The van der Waals surface area contributed by atoms with E-state index in [1.807, 2.05) is 24.2 Å². The van der Waals surface area contributed by atoms with Crippen LogP contribution in [0.5, 0.6) is 0 Å². The van der Waals surface area contributed by atoms with E-state index in [0.29, 0.717) is 0 Å². The van der Waals surface area contributed by atoms with Crippen LogP contribution in [0, 0.1) is 0 Å². The summed E-state index contributed by atoms with van der Waals surface area (Å²) in [7, 11) is 0. The minimum atomic E-state index is 0.847. The fraction of sp³-hybridized carbons (Fsp3) is 0.714. The van der Waals surface area contributed by atoms with Gasteiger partial charge in [0, 0.05) is 29.8 Å². The fourth-order valence-electron chi connectivity index (χ4n) is 2.20. The molecule has 1 aromatic heterocycles. The van der Waals surface area contributed by atoms with Gasteiger partial charge < -0.3 is 5.32 Å². The molecule has 18 heavy (non-hydrogen) atoms. The molecule has 2 rings (SSSR count). The zero-order valence-electron chi connectivity index (χ0n) is 11.2. The van der Waals surface area contributed by atoms with E-state index in [-0.39, 0.29) is 0 Å². The summed E-state index contributed by atoms with van der Waals surface area (Å²) in [6.45, 7) is 4.11. The van der Waals surface area contributed by atoms with Gasteiger partial charge in [0.25, 0.3) is 0 Å². The Balaban J connectivity index is 1.72. The number of aromatic nitrogens is 2. The van der Waals surface area contributed by atoms with Crippen molar-refractivity contribution < 1.29 is 0 Å². The molecule has 4 heteroatoms. The molecule has 0 unspecified atom stereocenters. The van der Waals surface area contributed by atoms with Crippen LogP contribution in [-0.4, -0.2) is 21.8 Å². The van der Waals surface area contributed by atoms with Crippen LogP contribution in [0.15, 0.2) is 12.4 Å². The Kier molecular flexibility index (Phi) is 5.94. The van der Waals surface area contributed by atoms with Gasteiger partial charge >= 0.3 is 0 Å². The molecular formula is C14H23N3S. The highest BCUT2D eigenvalue weighted by molar-refractivity contribution is 7.99. The molecule has 0 saturated heterocycles. The molecule has 1 saturated carbocycles. The number of hydrogen-bond acceptors (Lipinski definition) is 4. The van der Waals surface area contributed by atoms with Gasteiger partial charge in [-0.2, -0.15) is 11.8 Å². The molecule has 1 aromatic rings. The SMILES string of the molecule is CCCNCc1cnc(CSC2CCCC2)nc1. The summed E-state index contributed by atoms with van der Waals surface area (Å²) in [5, 5.41) is 4.21. The molecule has 1 aliphatic rings. The number of nitrogens with one attached hydrogen (secondary N) is 1. The number of nitrogens with zero attached hydrogens (tertiary/aromatic N) is 2. The minimum Gasteiger partial charge on any atom is -0.313 e. The van der Waals surface area contributed by atoms with E-state index in [1.54, 1.807) is 0 Å². The molecule has 0 atom stereocenters. The van der Waals surface area contributed by atoms with Crippen molar-refractivity contribution in [2.75, 3.05) is 6.54 Å². The van der Waals surface area contributed by atoms with Crippen LogP contribution >= 0.6 is 11.8 Å². The van der Waals surface area contributed by atoms with E-state index < -0.39 is 0 Å². The molecule has 0 spiro atoms. The molecule has 1 heterocycles. The number of hydrogen-bond donors (Lipinski definition) is 1. The van der Waals surface area contributed by atoms with Crippen molar-refractivity contribution in [1.29, 1.82) is 0 Å². The van der Waals surface area contributed by atoms with Crippen molar-refractivity contribution in [2.24, 2.45) is 0 Å². The van der Waals surface area contributed by atoms with Gasteiger partial charge in [-0.1, -0.05) is 19.8 Å². The number of rotatable bonds is 7. The van der Waals surface area contributed by atoms with Crippen LogP contribution in [0.2, 0.25) is 0 Å². The molecule has 0 aromatic carbocycles. The van der Waals surface area contributed by atoms with E-state index in [9.17, 15) is 0 Å². The van der Waals surface area contributed by atoms with Gasteiger partial charge in [-0.15, -0.1) is 0 Å². The molecule has 1 fully saturated rings. The summed E-state index contributed by atoms with van der Waals surface area (Å²) in [6.07, 6.45) is 10.6. The topological polar surface area (TPSA) is 37.8 Å². The Morgan fingerprint density at radius 3 is 2.67 bits per heavy atom. The highest BCUT2D eigenvalue weighted by Crippen LogP contribution is 2.30. The fourth-order valence-corrected chi connectivity index (χ4v) is 3.40. The zero-order valence-corrected chi connectivity index (χ0v) is 12.0. The maximum absolute atomic E-state index is 4.45. The summed E-state index contributed by atoms with van der Waals surface area (Å²) in [6, 6.07) is 0. The first kappa shape index (κ1) is 13.8. The molecule has 0 bridgehead atoms. The molecule has 0 amide bonds.